The molecule has 1 saturated carbocycles. The number of thioether (sulfide) groups is 1. The van der Waals surface area contributed by atoms with E-state index in [4.69, 9.17) is 21.1 Å². The number of rotatable bonds is 7. The van der Waals surface area contributed by atoms with Crippen LogP contribution in [-0.2, 0) is 11.2 Å². The van der Waals surface area contributed by atoms with Crippen molar-refractivity contribution in [3.8, 4) is 5.75 Å². The molecule has 7 heteroatoms. The molecule has 174 valence electrons. The van der Waals surface area contributed by atoms with Crippen molar-refractivity contribution in [3.63, 3.8) is 0 Å². The summed E-state index contributed by atoms with van der Waals surface area (Å²) in [6, 6.07) is 13.4. The van der Waals surface area contributed by atoms with Crippen molar-refractivity contribution in [3.05, 3.63) is 64.2 Å². The molecular weight excluding hydrogens is 448 g/mol. The van der Waals surface area contributed by atoms with Crippen molar-refractivity contribution < 1.29 is 24.8 Å². The molecule has 5 atom stereocenters. The Balaban J connectivity index is 1.52. The van der Waals surface area contributed by atoms with Gasteiger partial charge in [-0.05, 0) is 61.1 Å². The van der Waals surface area contributed by atoms with Gasteiger partial charge in [-0.3, -0.25) is 0 Å². The van der Waals surface area contributed by atoms with E-state index < -0.39 is 29.9 Å². The number of benzene rings is 2. The second kappa shape index (κ2) is 10.8. The summed E-state index contributed by atoms with van der Waals surface area (Å²) >= 11 is 8.05. The molecule has 2 fully saturated rings. The molecule has 0 spiro atoms. The van der Waals surface area contributed by atoms with Crippen LogP contribution < -0.4 is 4.74 Å². The standard InChI is InChI=1S/C25H31ClO5S/c1-2-30-18-10-7-15(8-11-18)13-17-14-16(9-12-20(17)26)24-22(28)21(27)23(29)25(31-24)32-19-5-3-4-6-19/h7-12,14,19,21-25,27-29H,2-6,13H2,1H3/t21-,22-,23+,24+,25-/m1/s1. The lowest BCUT2D eigenvalue weighted by atomic mass is 9.92. The zero-order valence-electron chi connectivity index (χ0n) is 18.2. The Morgan fingerprint density at radius 1 is 1.00 bits per heavy atom. The number of halogens is 1. The van der Waals surface area contributed by atoms with E-state index in [1.165, 1.54) is 12.8 Å². The Hall–Kier alpha value is -1.28. The molecular formula is C25H31ClO5S. The van der Waals surface area contributed by atoms with Crippen molar-refractivity contribution in [1.82, 2.24) is 0 Å². The van der Waals surface area contributed by atoms with Gasteiger partial charge in [0.05, 0.1) is 6.61 Å². The van der Waals surface area contributed by atoms with Gasteiger partial charge in [0.15, 0.2) is 0 Å². The minimum Gasteiger partial charge on any atom is -0.494 e. The van der Waals surface area contributed by atoms with Crippen molar-refractivity contribution in [2.75, 3.05) is 6.61 Å². The molecule has 1 saturated heterocycles. The van der Waals surface area contributed by atoms with Crippen molar-refractivity contribution >= 4 is 23.4 Å². The Kier molecular flexibility index (Phi) is 8.03. The van der Waals surface area contributed by atoms with Crippen molar-refractivity contribution in [2.45, 2.75) is 74.1 Å². The average Bonchev–Trinajstić information content (AvgIpc) is 3.30. The van der Waals surface area contributed by atoms with Gasteiger partial charge in [0.25, 0.3) is 0 Å². The number of aliphatic hydroxyl groups is 3. The van der Waals surface area contributed by atoms with Crippen LogP contribution in [0.2, 0.25) is 5.02 Å². The molecule has 1 aliphatic carbocycles. The third-order valence-electron chi connectivity index (χ3n) is 6.23. The van der Waals surface area contributed by atoms with Crippen LogP contribution in [-0.4, -0.2) is 50.9 Å². The topological polar surface area (TPSA) is 79.2 Å². The molecule has 0 aromatic heterocycles. The van der Waals surface area contributed by atoms with E-state index >= 15 is 0 Å². The summed E-state index contributed by atoms with van der Waals surface area (Å²) in [4.78, 5) is 0. The smallest absolute Gasteiger partial charge is 0.133 e. The zero-order chi connectivity index (χ0) is 22.7. The van der Waals surface area contributed by atoms with E-state index in [0.717, 1.165) is 35.3 Å². The van der Waals surface area contributed by atoms with Crippen molar-refractivity contribution in [1.29, 1.82) is 0 Å². The first-order chi connectivity index (χ1) is 15.5. The third-order valence-corrected chi connectivity index (χ3v) is 8.11. The number of hydrogen-bond donors (Lipinski definition) is 3. The minimum atomic E-state index is -1.27. The quantitative estimate of drug-likeness (QED) is 0.544. The van der Waals surface area contributed by atoms with Gasteiger partial charge >= 0.3 is 0 Å². The van der Waals surface area contributed by atoms with Crippen LogP contribution in [0.25, 0.3) is 0 Å². The van der Waals surface area contributed by atoms with E-state index in [2.05, 4.69) is 0 Å². The van der Waals surface area contributed by atoms with Crippen LogP contribution in [0.3, 0.4) is 0 Å². The highest BCUT2D eigenvalue weighted by Gasteiger charge is 2.45. The van der Waals surface area contributed by atoms with E-state index in [1.807, 2.05) is 43.3 Å². The maximum Gasteiger partial charge on any atom is 0.133 e. The molecule has 1 heterocycles. The highest BCUT2D eigenvalue weighted by atomic mass is 35.5. The molecule has 2 aliphatic rings. The Bertz CT molecular complexity index is 886. The fraction of sp³-hybridized carbons (Fsp3) is 0.520. The molecule has 32 heavy (non-hydrogen) atoms. The highest BCUT2D eigenvalue weighted by molar-refractivity contribution is 8.00. The zero-order valence-corrected chi connectivity index (χ0v) is 19.8. The van der Waals surface area contributed by atoms with Gasteiger partial charge in [-0.15, -0.1) is 11.8 Å². The second-order valence-electron chi connectivity index (χ2n) is 8.54. The fourth-order valence-corrected chi connectivity index (χ4v) is 6.12. The summed E-state index contributed by atoms with van der Waals surface area (Å²) in [5, 5.41) is 32.7. The van der Waals surface area contributed by atoms with Crippen LogP contribution in [0.1, 0.15) is 55.4 Å². The predicted molar refractivity (Wildman–Crippen MR) is 127 cm³/mol. The van der Waals surface area contributed by atoms with Crippen molar-refractivity contribution in [2.24, 2.45) is 0 Å². The van der Waals surface area contributed by atoms with Gasteiger partial charge in [0.2, 0.25) is 0 Å². The van der Waals surface area contributed by atoms with E-state index in [1.54, 1.807) is 17.8 Å². The lowest BCUT2D eigenvalue weighted by Gasteiger charge is -2.41. The molecule has 0 unspecified atom stereocenters. The van der Waals surface area contributed by atoms with Gasteiger partial charge < -0.3 is 24.8 Å². The summed E-state index contributed by atoms with van der Waals surface area (Å²) in [7, 11) is 0. The van der Waals surface area contributed by atoms with Crippen LogP contribution in [0.5, 0.6) is 5.75 Å². The molecule has 0 amide bonds. The average molecular weight is 479 g/mol. The molecule has 3 N–H and O–H groups in total. The lowest BCUT2D eigenvalue weighted by molar-refractivity contribution is -0.200. The predicted octanol–water partition coefficient (Wildman–Crippen LogP) is 4.49. The number of hydrogen-bond acceptors (Lipinski definition) is 6. The molecule has 4 rings (SSSR count). The molecule has 1 aliphatic heterocycles. The summed E-state index contributed by atoms with van der Waals surface area (Å²) in [5.41, 5.74) is 2.16. The first-order valence-corrected chi connectivity index (χ1v) is 12.6. The van der Waals surface area contributed by atoms with E-state index in [9.17, 15) is 15.3 Å². The van der Waals surface area contributed by atoms with E-state index in [-0.39, 0.29) is 0 Å². The van der Waals surface area contributed by atoms with Gasteiger partial charge in [0.1, 0.15) is 35.6 Å². The Morgan fingerprint density at radius 2 is 1.72 bits per heavy atom. The van der Waals surface area contributed by atoms with Crippen LogP contribution in [0.15, 0.2) is 42.5 Å². The Morgan fingerprint density at radius 3 is 2.41 bits per heavy atom. The minimum absolute atomic E-state index is 0.415. The fourth-order valence-electron chi connectivity index (χ4n) is 4.45. The third kappa shape index (κ3) is 5.44. The van der Waals surface area contributed by atoms with Crippen LogP contribution in [0, 0.1) is 0 Å². The summed E-state index contributed by atoms with van der Waals surface area (Å²) in [6.07, 6.45) is 0.825. The molecule has 0 bridgehead atoms. The Labute approximate surface area is 198 Å². The second-order valence-corrected chi connectivity index (χ2v) is 10.4. The van der Waals surface area contributed by atoms with Gasteiger partial charge in [-0.25, -0.2) is 0 Å². The van der Waals surface area contributed by atoms with Crippen LogP contribution >= 0.6 is 23.4 Å². The number of aliphatic hydroxyl groups excluding tert-OH is 3. The van der Waals surface area contributed by atoms with Gasteiger partial charge in [0, 0.05) is 10.3 Å². The SMILES string of the molecule is CCOc1ccc(Cc2cc([C@@H]3O[C@H](SC4CCCC4)[C@@H](O)[C@H](O)[C@H]3O)ccc2Cl)cc1. The maximum absolute atomic E-state index is 10.7. The molecule has 2 aromatic carbocycles. The highest BCUT2D eigenvalue weighted by Crippen LogP contribution is 2.41. The first-order valence-electron chi connectivity index (χ1n) is 11.3. The summed E-state index contributed by atoms with van der Waals surface area (Å²) in [6.45, 7) is 2.57. The lowest BCUT2D eigenvalue weighted by Crippen LogP contribution is -2.53. The molecule has 2 aromatic rings. The first kappa shape index (κ1) is 23.9. The van der Waals surface area contributed by atoms with Gasteiger partial charge in [-0.2, -0.15) is 0 Å². The monoisotopic (exact) mass is 478 g/mol. The van der Waals surface area contributed by atoms with Crippen LogP contribution in [0.4, 0.5) is 0 Å². The van der Waals surface area contributed by atoms with Gasteiger partial charge in [-0.1, -0.05) is 48.7 Å². The normalized spacial score (nSPS) is 28.7. The summed E-state index contributed by atoms with van der Waals surface area (Å²) in [5.74, 6) is 0.827. The maximum atomic E-state index is 10.7. The summed E-state index contributed by atoms with van der Waals surface area (Å²) < 4.78 is 11.7. The number of ether oxygens (including phenoxy) is 2. The molecule has 5 nitrogen and oxygen atoms in total. The largest absolute Gasteiger partial charge is 0.494 e. The molecule has 0 radical (unpaired) electrons. The van der Waals surface area contributed by atoms with E-state index in [0.29, 0.717) is 23.3 Å².